The minimum Gasteiger partial charge on any atom is -0.490 e. The molecule has 6 nitrogen and oxygen atoms in total. The Bertz CT molecular complexity index is 559. The molecule has 1 aliphatic carbocycles. The van der Waals surface area contributed by atoms with E-state index >= 15 is 0 Å². The lowest BCUT2D eigenvalue weighted by Crippen LogP contribution is -2.13. The first-order valence-electron chi connectivity index (χ1n) is 6.75. The second-order valence-corrected chi connectivity index (χ2v) is 4.86. The first kappa shape index (κ1) is 12.7. The lowest BCUT2D eigenvalue weighted by Gasteiger charge is -2.13. The molecule has 1 heterocycles. The van der Waals surface area contributed by atoms with E-state index < -0.39 is 0 Å². The van der Waals surface area contributed by atoms with E-state index in [1.807, 2.05) is 24.3 Å². The van der Waals surface area contributed by atoms with Crippen LogP contribution >= 0.6 is 0 Å². The van der Waals surface area contributed by atoms with Crippen molar-refractivity contribution in [3.8, 4) is 5.75 Å². The number of anilines is 1. The van der Waals surface area contributed by atoms with Gasteiger partial charge < -0.3 is 10.1 Å². The lowest BCUT2D eigenvalue weighted by atomic mass is 10.2. The van der Waals surface area contributed by atoms with Crippen molar-refractivity contribution in [3.05, 3.63) is 36.2 Å². The van der Waals surface area contributed by atoms with Gasteiger partial charge in [0.1, 0.15) is 5.75 Å². The van der Waals surface area contributed by atoms with Crippen molar-refractivity contribution in [1.82, 2.24) is 15.4 Å². The largest absolute Gasteiger partial charge is 0.490 e. The number of carbonyl (C=O) groups is 1. The fourth-order valence-electron chi connectivity index (χ4n) is 2.32. The number of nitrogens with one attached hydrogen (secondary N) is 2. The zero-order valence-corrected chi connectivity index (χ0v) is 11.0. The van der Waals surface area contributed by atoms with Gasteiger partial charge in [0.15, 0.2) is 5.69 Å². The maximum atomic E-state index is 11.8. The number of H-pyrrole nitrogens is 1. The number of amides is 1. The second-order valence-electron chi connectivity index (χ2n) is 4.86. The first-order valence-corrected chi connectivity index (χ1v) is 6.75. The van der Waals surface area contributed by atoms with Gasteiger partial charge in [-0.1, -0.05) is 0 Å². The van der Waals surface area contributed by atoms with Crippen LogP contribution in [0.15, 0.2) is 30.5 Å². The summed E-state index contributed by atoms with van der Waals surface area (Å²) in [4.78, 5) is 11.8. The zero-order valence-electron chi connectivity index (χ0n) is 11.0. The summed E-state index contributed by atoms with van der Waals surface area (Å²) in [7, 11) is 0. The highest BCUT2D eigenvalue weighted by atomic mass is 16.5. The Kier molecular flexibility index (Phi) is 3.62. The normalized spacial score (nSPS) is 15.2. The number of benzene rings is 1. The Morgan fingerprint density at radius 3 is 2.65 bits per heavy atom. The van der Waals surface area contributed by atoms with Crippen molar-refractivity contribution in [1.29, 1.82) is 0 Å². The topological polar surface area (TPSA) is 79.9 Å². The van der Waals surface area contributed by atoms with Gasteiger partial charge in [0.25, 0.3) is 5.91 Å². The minimum absolute atomic E-state index is 0.260. The van der Waals surface area contributed by atoms with Gasteiger partial charge in [0, 0.05) is 5.69 Å². The van der Waals surface area contributed by atoms with Crippen LogP contribution in [0.25, 0.3) is 0 Å². The number of carbonyl (C=O) groups excluding carboxylic acids is 1. The van der Waals surface area contributed by atoms with Gasteiger partial charge in [0.2, 0.25) is 0 Å². The molecule has 0 spiro atoms. The Morgan fingerprint density at radius 2 is 2.00 bits per heavy atom. The van der Waals surface area contributed by atoms with E-state index in [0.29, 0.717) is 11.8 Å². The molecule has 6 heteroatoms. The van der Waals surface area contributed by atoms with Gasteiger partial charge in [-0.3, -0.25) is 4.79 Å². The average Bonchev–Trinajstić information content (AvgIpc) is 3.13. The molecule has 0 saturated heterocycles. The van der Waals surface area contributed by atoms with E-state index in [1.165, 1.54) is 19.0 Å². The summed E-state index contributed by atoms with van der Waals surface area (Å²) in [5.74, 6) is 0.555. The molecular weight excluding hydrogens is 256 g/mol. The Morgan fingerprint density at radius 1 is 1.25 bits per heavy atom. The molecule has 2 N–H and O–H groups in total. The van der Waals surface area contributed by atoms with Gasteiger partial charge in [-0.2, -0.15) is 15.4 Å². The molecule has 1 aliphatic rings. The van der Waals surface area contributed by atoms with Gasteiger partial charge >= 0.3 is 0 Å². The van der Waals surface area contributed by atoms with Crippen molar-refractivity contribution in [2.24, 2.45) is 0 Å². The van der Waals surface area contributed by atoms with Crippen LogP contribution < -0.4 is 10.1 Å². The smallest absolute Gasteiger partial charge is 0.277 e. The van der Waals surface area contributed by atoms with E-state index in [2.05, 4.69) is 20.7 Å². The highest BCUT2D eigenvalue weighted by molar-refractivity contribution is 6.02. The molecule has 0 unspecified atom stereocenters. The van der Waals surface area contributed by atoms with Gasteiger partial charge in [-0.05, 0) is 49.9 Å². The average molecular weight is 272 g/mol. The van der Waals surface area contributed by atoms with E-state index in [4.69, 9.17) is 4.74 Å². The number of aromatic nitrogens is 3. The molecule has 1 saturated carbocycles. The highest BCUT2D eigenvalue weighted by Gasteiger charge is 2.16. The molecule has 1 fully saturated rings. The van der Waals surface area contributed by atoms with Crippen LogP contribution in [0.5, 0.6) is 5.75 Å². The molecule has 20 heavy (non-hydrogen) atoms. The molecule has 1 aromatic heterocycles. The monoisotopic (exact) mass is 272 g/mol. The molecule has 0 atom stereocenters. The minimum atomic E-state index is -0.289. The van der Waals surface area contributed by atoms with E-state index in [-0.39, 0.29) is 11.6 Å². The van der Waals surface area contributed by atoms with E-state index in [9.17, 15) is 4.79 Å². The number of ether oxygens (including phenoxy) is 1. The molecule has 0 aliphatic heterocycles. The van der Waals surface area contributed by atoms with Gasteiger partial charge in [-0.15, -0.1) is 0 Å². The Hall–Kier alpha value is -2.37. The molecule has 2 aromatic rings. The summed E-state index contributed by atoms with van der Waals surface area (Å²) in [6.07, 6.45) is 6.47. The van der Waals surface area contributed by atoms with Crippen molar-refractivity contribution >= 4 is 11.6 Å². The quantitative estimate of drug-likeness (QED) is 0.895. The number of aromatic amines is 1. The molecule has 1 aromatic carbocycles. The van der Waals surface area contributed by atoms with Crippen molar-refractivity contribution in [2.45, 2.75) is 31.8 Å². The first-order chi connectivity index (χ1) is 9.81. The fraction of sp³-hybridized carbons (Fsp3) is 0.357. The second kappa shape index (κ2) is 5.73. The lowest BCUT2D eigenvalue weighted by molar-refractivity contribution is 0.102. The summed E-state index contributed by atoms with van der Waals surface area (Å²) < 4.78 is 5.87. The van der Waals surface area contributed by atoms with Crippen LogP contribution in [-0.4, -0.2) is 27.4 Å². The summed E-state index contributed by atoms with van der Waals surface area (Å²) in [5.41, 5.74) is 0.966. The van der Waals surface area contributed by atoms with E-state index in [1.54, 1.807) is 0 Å². The zero-order chi connectivity index (χ0) is 13.8. The fourth-order valence-corrected chi connectivity index (χ4v) is 2.32. The number of nitrogens with zero attached hydrogens (tertiary/aromatic N) is 2. The van der Waals surface area contributed by atoms with E-state index in [0.717, 1.165) is 18.6 Å². The van der Waals surface area contributed by atoms with Crippen molar-refractivity contribution in [3.63, 3.8) is 0 Å². The van der Waals surface area contributed by atoms with Crippen LogP contribution in [0, 0.1) is 0 Å². The molecule has 104 valence electrons. The maximum Gasteiger partial charge on any atom is 0.277 e. The van der Waals surface area contributed by atoms with Crippen LogP contribution in [0.4, 0.5) is 5.69 Å². The summed E-state index contributed by atoms with van der Waals surface area (Å²) in [5, 5.41) is 12.5. The number of hydrogen-bond donors (Lipinski definition) is 2. The third kappa shape index (κ3) is 2.96. The summed E-state index contributed by atoms with van der Waals surface area (Å²) >= 11 is 0. The molecule has 3 rings (SSSR count). The van der Waals surface area contributed by atoms with Crippen LogP contribution in [-0.2, 0) is 0 Å². The van der Waals surface area contributed by atoms with Crippen LogP contribution in [0.2, 0.25) is 0 Å². The third-order valence-corrected chi connectivity index (χ3v) is 3.36. The Balaban J connectivity index is 1.59. The van der Waals surface area contributed by atoms with Crippen LogP contribution in [0.1, 0.15) is 36.2 Å². The number of hydrogen-bond acceptors (Lipinski definition) is 4. The highest BCUT2D eigenvalue weighted by Crippen LogP contribution is 2.25. The SMILES string of the molecule is O=C(Nc1ccc(OC2CCCC2)cc1)c1cn[nH]n1. The standard InChI is InChI=1S/C14H16N4O2/c19-14(13-9-15-18-17-13)16-10-5-7-12(8-6-10)20-11-3-1-2-4-11/h5-9,11H,1-4H2,(H,16,19)(H,15,17,18). The summed E-state index contributed by atoms with van der Waals surface area (Å²) in [6, 6.07) is 7.39. The Labute approximate surface area is 116 Å². The predicted octanol–water partition coefficient (Wildman–Crippen LogP) is 2.38. The molecule has 1 amide bonds. The molecular formula is C14H16N4O2. The van der Waals surface area contributed by atoms with Gasteiger partial charge in [-0.25, -0.2) is 0 Å². The number of rotatable bonds is 4. The summed E-state index contributed by atoms with van der Waals surface area (Å²) in [6.45, 7) is 0. The predicted molar refractivity (Wildman–Crippen MR) is 73.7 cm³/mol. The molecule has 0 bridgehead atoms. The van der Waals surface area contributed by atoms with Crippen molar-refractivity contribution in [2.75, 3.05) is 5.32 Å². The van der Waals surface area contributed by atoms with Crippen molar-refractivity contribution < 1.29 is 9.53 Å². The molecule has 0 radical (unpaired) electrons. The van der Waals surface area contributed by atoms with Gasteiger partial charge in [0.05, 0.1) is 12.3 Å². The maximum absolute atomic E-state index is 11.8. The van der Waals surface area contributed by atoms with Crippen LogP contribution in [0.3, 0.4) is 0 Å². The third-order valence-electron chi connectivity index (χ3n) is 3.36.